The van der Waals surface area contributed by atoms with Gasteiger partial charge in [0.05, 0.1) is 26.2 Å². The number of carbonyl (C=O) groups is 2. The van der Waals surface area contributed by atoms with E-state index in [0.29, 0.717) is 18.0 Å². The molecule has 2 unspecified atom stereocenters. The van der Waals surface area contributed by atoms with E-state index in [1.807, 2.05) is 58.0 Å². The zero-order valence-corrected chi connectivity index (χ0v) is 18.5. The molecule has 0 aromatic heterocycles. The lowest BCUT2D eigenvalue weighted by Crippen LogP contribution is -2.35. The molecule has 6 heteroatoms. The summed E-state index contributed by atoms with van der Waals surface area (Å²) in [5, 5.41) is 3.07. The molecule has 1 saturated heterocycles. The smallest absolute Gasteiger partial charge is 0.227 e. The summed E-state index contributed by atoms with van der Waals surface area (Å²) in [5.74, 6) is 0.774. The van der Waals surface area contributed by atoms with Gasteiger partial charge in [-0.3, -0.25) is 9.59 Å². The normalized spacial score (nSPS) is 17.1. The molecule has 30 heavy (non-hydrogen) atoms. The summed E-state index contributed by atoms with van der Waals surface area (Å²) in [6.45, 7) is 8.34. The Labute approximate surface area is 178 Å². The van der Waals surface area contributed by atoms with Crippen molar-refractivity contribution in [1.82, 2.24) is 5.32 Å². The van der Waals surface area contributed by atoms with Gasteiger partial charge in [-0.1, -0.05) is 12.1 Å². The van der Waals surface area contributed by atoms with E-state index in [1.165, 1.54) is 0 Å². The Morgan fingerprint density at radius 3 is 2.43 bits per heavy atom. The van der Waals surface area contributed by atoms with Crippen LogP contribution in [0.5, 0.6) is 11.5 Å². The lowest BCUT2D eigenvalue weighted by molar-refractivity contribution is -0.126. The molecule has 0 aliphatic carbocycles. The van der Waals surface area contributed by atoms with Gasteiger partial charge in [0.25, 0.3) is 0 Å². The number of carbonyl (C=O) groups excluding carboxylic acids is 2. The number of amides is 2. The molecule has 0 radical (unpaired) electrons. The van der Waals surface area contributed by atoms with Gasteiger partial charge in [-0.05, 0) is 68.1 Å². The average Bonchev–Trinajstić information content (AvgIpc) is 3.11. The first-order valence-corrected chi connectivity index (χ1v) is 10.2. The number of nitrogens with one attached hydrogen (secondary N) is 1. The first-order chi connectivity index (χ1) is 14.3. The molecule has 2 aromatic rings. The fourth-order valence-electron chi connectivity index (χ4n) is 4.02. The SMILES string of the molecule is COc1cc(C)c(C(C)NC(=O)C2CC(=O)N(c3cccc(C)c3C)C2)cc1OC. The van der Waals surface area contributed by atoms with E-state index < -0.39 is 0 Å². The summed E-state index contributed by atoms with van der Waals surface area (Å²) in [6, 6.07) is 9.48. The number of aryl methyl sites for hydroxylation is 2. The zero-order valence-electron chi connectivity index (χ0n) is 18.5. The number of benzene rings is 2. The van der Waals surface area contributed by atoms with E-state index in [0.717, 1.165) is 27.9 Å². The van der Waals surface area contributed by atoms with E-state index in [2.05, 4.69) is 5.32 Å². The van der Waals surface area contributed by atoms with Crippen LogP contribution < -0.4 is 19.7 Å². The molecular formula is C24H30N2O4. The van der Waals surface area contributed by atoms with Crippen molar-refractivity contribution in [3.05, 3.63) is 52.6 Å². The summed E-state index contributed by atoms with van der Waals surface area (Å²) < 4.78 is 10.7. The summed E-state index contributed by atoms with van der Waals surface area (Å²) in [7, 11) is 3.19. The number of nitrogens with zero attached hydrogens (tertiary/aromatic N) is 1. The zero-order chi connectivity index (χ0) is 22.0. The summed E-state index contributed by atoms with van der Waals surface area (Å²) in [5.41, 5.74) is 5.04. The molecular weight excluding hydrogens is 380 g/mol. The lowest BCUT2D eigenvalue weighted by Gasteiger charge is -2.22. The molecule has 0 saturated carbocycles. The van der Waals surface area contributed by atoms with Crippen LogP contribution in [0.15, 0.2) is 30.3 Å². The quantitative estimate of drug-likeness (QED) is 0.785. The van der Waals surface area contributed by atoms with Crippen molar-refractivity contribution in [3.8, 4) is 11.5 Å². The molecule has 1 aliphatic heterocycles. The average molecular weight is 411 g/mol. The predicted octanol–water partition coefficient (Wildman–Crippen LogP) is 3.86. The van der Waals surface area contributed by atoms with Crippen LogP contribution in [-0.2, 0) is 9.59 Å². The van der Waals surface area contributed by atoms with Crippen molar-refractivity contribution in [2.45, 2.75) is 40.2 Å². The summed E-state index contributed by atoms with van der Waals surface area (Å²) in [4.78, 5) is 27.3. The number of methoxy groups -OCH3 is 2. The van der Waals surface area contributed by atoms with Crippen LogP contribution in [0, 0.1) is 26.7 Å². The Kier molecular flexibility index (Phi) is 6.34. The van der Waals surface area contributed by atoms with E-state index in [9.17, 15) is 9.59 Å². The van der Waals surface area contributed by atoms with Crippen molar-refractivity contribution in [1.29, 1.82) is 0 Å². The predicted molar refractivity (Wildman–Crippen MR) is 117 cm³/mol. The molecule has 1 heterocycles. The van der Waals surface area contributed by atoms with Crippen LogP contribution >= 0.6 is 0 Å². The number of hydrogen-bond acceptors (Lipinski definition) is 4. The van der Waals surface area contributed by atoms with Gasteiger partial charge in [0.2, 0.25) is 11.8 Å². The van der Waals surface area contributed by atoms with E-state index in [-0.39, 0.29) is 30.2 Å². The van der Waals surface area contributed by atoms with Crippen molar-refractivity contribution in [2.24, 2.45) is 5.92 Å². The molecule has 3 rings (SSSR count). The van der Waals surface area contributed by atoms with Crippen molar-refractivity contribution in [2.75, 3.05) is 25.7 Å². The van der Waals surface area contributed by atoms with Crippen LogP contribution in [0.25, 0.3) is 0 Å². The van der Waals surface area contributed by atoms with Crippen LogP contribution in [0.1, 0.15) is 41.6 Å². The molecule has 0 bridgehead atoms. The second kappa shape index (κ2) is 8.78. The maximum Gasteiger partial charge on any atom is 0.227 e. The Bertz CT molecular complexity index is 970. The number of hydrogen-bond donors (Lipinski definition) is 1. The highest BCUT2D eigenvalue weighted by Gasteiger charge is 2.36. The molecule has 160 valence electrons. The van der Waals surface area contributed by atoms with Gasteiger partial charge in [-0.2, -0.15) is 0 Å². The lowest BCUT2D eigenvalue weighted by atomic mass is 10.00. The highest BCUT2D eigenvalue weighted by molar-refractivity contribution is 6.01. The van der Waals surface area contributed by atoms with Crippen molar-refractivity contribution < 1.29 is 19.1 Å². The molecule has 2 amide bonds. The summed E-state index contributed by atoms with van der Waals surface area (Å²) >= 11 is 0. The standard InChI is InChI=1S/C24H30N2O4/c1-14-8-7-9-20(16(14)3)26-13-18(11-23(26)27)24(28)25-17(4)19-12-22(30-6)21(29-5)10-15(19)2/h7-10,12,17-18H,11,13H2,1-6H3,(H,25,28). The highest BCUT2D eigenvalue weighted by atomic mass is 16.5. The van der Waals surface area contributed by atoms with Crippen LogP contribution in [0.2, 0.25) is 0 Å². The maximum atomic E-state index is 12.9. The molecule has 1 fully saturated rings. The minimum Gasteiger partial charge on any atom is -0.493 e. The van der Waals surface area contributed by atoms with Gasteiger partial charge in [0.15, 0.2) is 11.5 Å². The second-order valence-corrected chi connectivity index (χ2v) is 7.92. The Hall–Kier alpha value is -3.02. The van der Waals surface area contributed by atoms with Crippen LogP contribution in [0.3, 0.4) is 0 Å². The van der Waals surface area contributed by atoms with Crippen LogP contribution in [-0.4, -0.2) is 32.6 Å². The van der Waals surface area contributed by atoms with Gasteiger partial charge in [0, 0.05) is 18.7 Å². The highest BCUT2D eigenvalue weighted by Crippen LogP contribution is 2.34. The van der Waals surface area contributed by atoms with Gasteiger partial charge >= 0.3 is 0 Å². The fraction of sp³-hybridized carbons (Fsp3) is 0.417. The monoisotopic (exact) mass is 410 g/mol. The van der Waals surface area contributed by atoms with E-state index >= 15 is 0 Å². The first-order valence-electron chi connectivity index (χ1n) is 10.2. The number of ether oxygens (including phenoxy) is 2. The topological polar surface area (TPSA) is 67.9 Å². The van der Waals surface area contributed by atoms with Crippen LogP contribution in [0.4, 0.5) is 5.69 Å². The minimum absolute atomic E-state index is 0.0150. The Balaban J connectivity index is 1.74. The van der Waals surface area contributed by atoms with Crippen molar-refractivity contribution in [3.63, 3.8) is 0 Å². The van der Waals surface area contributed by atoms with Gasteiger partial charge in [-0.25, -0.2) is 0 Å². The molecule has 2 atom stereocenters. The third kappa shape index (κ3) is 4.13. The minimum atomic E-state index is -0.375. The summed E-state index contributed by atoms with van der Waals surface area (Å²) in [6.07, 6.45) is 0.219. The van der Waals surface area contributed by atoms with Gasteiger partial charge in [-0.15, -0.1) is 0 Å². The van der Waals surface area contributed by atoms with E-state index in [1.54, 1.807) is 19.1 Å². The molecule has 2 aromatic carbocycles. The fourth-order valence-corrected chi connectivity index (χ4v) is 4.02. The number of anilines is 1. The molecule has 1 aliphatic rings. The van der Waals surface area contributed by atoms with Gasteiger partial charge < -0.3 is 19.7 Å². The molecule has 6 nitrogen and oxygen atoms in total. The second-order valence-electron chi connectivity index (χ2n) is 7.92. The first kappa shape index (κ1) is 21.7. The third-order valence-electron chi connectivity index (χ3n) is 5.96. The maximum absolute atomic E-state index is 12.9. The van der Waals surface area contributed by atoms with Crippen molar-refractivity contribution >= 4 is 17.5 Å². The molecule has 1 N–H and O–H groups in total. The van der Waals surface area contributed by atoms with E-state index in [4.69, 9.17) is 9.47 Å². The largest absolute Gasteiger partial charge is 0.493 e. The Morgan fingerprint density at radius 1 is 1.10 bits per heavy atom. The Morgan fingerprint density at radius 2 is 1.77 bits per heavy atom. The molecule has 0 spiro atoms. The third-order valence-corrected chi connectivity index (χ3v) is 5.96. The number of rotatable bonds is 6. The van der Waals surface area contributed by atoms with Gasteiger partial charge in [0.1, 0.15) is 0 Å².